The van der Waals surface area contributed by atoms with Crippen molar-refractivity contribution in [1.82, 2.24) is 9.88 Å². The van der Waals surface area contributed by atoms with Gasteiger partial charge in [0.1, 0.15) is 5.75 Å². The minimum Gasteiger partial charge on any atom is -0.497 e. The Morgan fingerprint density at radius 3 is 2.62 bits per heavy atom. The van der Waals surface area contributed by atoms with Crippen LogP contribution in [0.5, 0.6) is 5.75 Å². The lowest BCUT2D eigenvalue weighted by molar-refractivity contribution is -0.130. The molecule has 3 aromatic rings. The van der Waals surface area contributed by atoms with Gasteiger partial charge in [-0.2, -0.15) is 0 Å². The predicted molar refractivity (Wildman–Crippen MR) is 97.4 cm³/mol. The molecule has 1 amide bonds. The smallest absolute Gasteiger partial charge is 0.223 e. The minimum absolute atomic E-state index is 0.130. The fourth-order valence-corrected chi connectivity index (χ4v) is 3.49. The average Bonchev–Trinajstić information content (AvgIpc) is 3.03. The Labute approximate surface area is 145 Å². The van der Waals surface area contributed by atoms with Crippen molar-refractivity contribution >= 4 is 27.5 Å². The number of hydrogen-bond donors (Lipinski definition) is 0. The fraction of sp³-hybridized carbons (Fsp3) is 0.263. The first kappa shape index (κ1) is 16.5. The summed E-state index contributed by atoms with van der Waals surface area (Å²) in [4.78, 5) is 18.7. The topological polar surface area (TPSA) is 42.4 Å². The van der Waals surface area contributed by atoms with E-state index in [1.54, 1.807) is 23.3 Å². The molecule has 1 aromatic heterocycles. The molecule has 0 bridgehead atoms. The van der Waals surface area contributed by atoms with Crippen LogP contribution in [0.25, 0.3) is 10.2 Å². The summed E-state index contributed by atoms with van der Waals surface area (Å²) in [6.45, 7) is 0.600. The number of carbonyl (C=O) groups is 1. The largest absolute Gasteiger partial charge is 0.497 e. The lowest BCUT2D eigenvalue weighted by Crippen LogP contribution is -2.26. The van der Waals surface area contributed by atoms with Crippen LogP contribution in [0.4, 0.5) is 0 Å². The number of aryl methyl sites for hydroxylation is 1. The molecular formula is C19H20N2O2S. The van der Waals surface area contributed by atoms with Gasteiger partial charge < -0.3 is 9.64 Å². The molecule has 0 spiro atoms. The van der Waals surface area contributed by atoms with Gasteiger partial charge in [-0.1, -0.05) is 24.3 Å². The molecule has 0 atom stereocenters. The van der Waals surface area contributed by atoms with E-state index in [4.69, 9.17) is 4.74 Å². The first-order valence-electron chi connectivity index (χ1n) is 7.87. The second-order valence-corrected chi connectivity index (χ2v) is 6.79. The summed E-state index contributed by atoms with van der Waals surface area (Å²) in [5.41, 5.74) is 2.10. The zero-order valence-corrected chi connectivity index (χ0v) is 14.7. The van der Waals surface area contributed by atoms with Gasteiger partial charge in [0.2, 0.25) is 5.91 Å². The van der Waals surface area contributed by atoms with Crippen molar-refractivity contribution < 1.29 is 9.53 Å². The molecular weight excluding hydrogens is 320 g/mol. The maximum Gasteiger partial charge on any atom is 0.223 e. The molecule has 0 fully saturated rings. The summed E-state index contributed by atoms with van der Waals surface area (Å²) in [7, 11) is 3.48. The third-order valence-electron chi connectivity index (χ3n) is 3.90. The quantitative estimate of drug-likeness (QED) is 0.683. The first-order valence-corrected chi connectivity index (χ1v) is 8.68. The van der Waals surface area contributed by atoms with E-state index in [-0.39, 0.29) is 5.91 Å². The van der Waals surface area contributed by atoms with Crippen molar-refractivity contribution in [2.24, 2.45) is 0 Å². The Morgan fingerprint density at radius 2 is 1.92 bits per heavy atom. The summed E-state index contributed by atoms with van der Waals surface area (Å²) < 4.78 is 6.32. The highest BCUT2D eigenvalue weighted by Gasteiger charge is 2.11. The molecule has 0 aliphatic heterocycles. The number of benzene rings is 2. The number of thiazole rings is 1. The molecule has 0 unspecified atom stereocenters. The first-order chi connectivity index (χ1) is 11.7. The standard InChI is InChI=1S/C19H20N2O2S/c1-21(13-14-7-9-15(23-2)10-8-14)19(22)12-11-18-20-16-5-3-4-6-17(16)24-18/h3-10H,11-13H2,1-2H3. The zero-order valence-electron chi connectivity index (χ0n) is 13.9. The number of carbonyl (C=O) groups excluding carboxylic acids is 1. The van der Waals surface area contributed by atoms with Gasteiger partial charge in [-0.05, 0) is 29.8 Å². The summed E-state index contributed by atoms with van der Waals surface area (Å²) in [6.07, 6.45) is 1.16. The molecule has 0 saturated heterocycles. The Hall–Kier alpha value is -2.40. The highest BCUT2D eigenvalue weighted by Crippen LogP contribution is 2.22. The lowest BCUT2D eigenvalue weighted by atomic mass is 10.2. The molecule has 1 heterocycles. The Bertz CT molecular complexity index is 794. The van der Waals surface area contributed by atoms with Crippen LogP contribution in [-0.2, 0) is 17.8 Å². The number of methoxy groups -OCH3 is 1. The number of nitrogens with zero attached hydrogens (tertiary/aromatic N) is 2. The molecule has 0 aliphatic carbocycles. The number of fused-ring (bicyclic) bond motifs is 1. The van der Waals surface area contributed by atoms with Crippen LogP contribution in [0.1, 0.15) is 17.0 Å². The lowest BCUT2D eigenvalue weighted by Gasteiger charge is -2.17. The summed E-state index contributed by atoms with van der Waals surface area (Å²) in [5, 5.41) is 1.02. The summed E-state index contributed by atoms with van der Waals surface area (Å²) in [5.74, 6) is 0.952. The van der Waals surface area contributed by atoms with E-state index in [9.17, 15) is 4.79 Å². The van der Waals surface area contributed by atoms with Gasteiger partial charge >= 0.3 is 0 Å². The van der Waals surface area contributed by atoms with Crippen LogP contribution in [0.2, 0.25) is 0 Å². The zero-order chi connectivity index (χ0) is 16.9. The molecule has 2 aromatic carbocycles. The van der Waals surface area contributed by atoms with Gasteiger partial charge in [-0.25, -0.2) is 4.98 Å². The monoisotopic (exact) mass is 340 g/mol. The second-order valence-electron chi connectivity index (χ2n) is 5.67. The molecule has 24 heavy (non-hydrogen) atoms. The van der Waals surface area contributed by atoms with Crippen molar-refractivity contribution in [2.45, 2.75) is 19.4 Å². The minimum atomic E-state index is 0.130. The van der Waals surface area contributed by atoms with Gasteiger partial charge in [0.25, 0.3) is 0 Å². The van der Waals surface area contributed by atoms with Crippen molar-refractivity contribution in [2.75, 3.05) is 14.2 Å². The highest BCUT2D eigenvalue weighted by molar-refractivity contribution is 7.18. The van der Waals surface area contributed by atoms with Gasteiger partial charge in [-0.3, -0.25) is 4.79 Å². The van der Waals surface area contributed by atoms with E-state index in [2.05, 4.69) is 11.1 Å². The van der Waals surface area contributed by atoms with Crippen molar-refractivity contribution in [3.8, 4) is 5.75 Å². The van der Waals surface area contributed by atoms with Crippen molar-refractivity contribution in [3.05, 3.63) is 59.1 Å². The van der Waals surface area contributed by atoms with Crippen molar-refractivity contribution in [1.29, 1.82) is 0 Å². The van der Waals surface area contributed by atoms with Gasteiger partial charge in [0.15, 0.2) is 0 Å². The molecule has 0 aliphatic rings. The van der Waals surface area contributed by atoms with E-state index in [1.807, 2.05) is 49.5 Å². The molecule has 0 radical (unpaired) electrons. The van der Waals surface area contributed by atoms with Gasteiger partial charge in [-0.15, -0.1) is 11.3 Å². The van der Waals surface area contributed by atoms with Gasteiger partial charge in [0.05, 0.1) is 22.3 Å². The number of rotatable bonds is 6. The number of amides is 1. The Kier molecular flexibility index (Phi) is 5.11. The van der Waals surface area contributed by atoms with E-state index >= 15 is 0 Å². The van der Waals surface area contributed by atoms with Crippen LogP contribution in [-0.4, -0.2) is 29.9 Å². The maximum atomic E-state index is 12.3. The number of hydrogen-bond acceptors (Lipinski definition) is 4. The summed E-state index contributed by atoms with van der Waals surface area (Å²) >= 11 is 1.66. The third-order valence-corrected chi connectivity index (χ3v) is 4.99. The average molecular weight is 340 g/mol. The maximum absolute atomic E-state index is 12.3. The van der Waals surface area contributed by atoms with Crippen LogP contribution in [0, 0.1) is 0 Å². The van der Waals surface area contributed by atoms with Crippen LogP contribution in [0.3, 0.4) is 0 Å². The van der Waals surface area contributed by atoms with Crippen molar-refractivity contribution in [3.63, 3.8) is 0 Å². The highest BCUT2D eigenvalue weighted by atomic mass is 32.1. The molecule has 124 valence electrons. The SMILES string of the molecule is COc1ccc(CN(C)C(=O)CCc2nc3ccccc3s2)cc1. The Balaban J connectivity index is 1.55. The molecule has 0 N–H and O–H groups in total. The number of ether oxygens (including phenoxy) is 1. The third kappa shape index (κ3) is 3.92. The number of aromatic nitrogens is 1. The van der Waals surface area contributed by atoms with Crippen LogP contribution >= 0.6 is 11.3 Å². The summed E-state index contributed by atoms with van der Waals surface area (Å²) in [6, 6.07) is 15.9. The Morgan fingerprint density at radius 1 is 1.17 bits per heavy atom. The molecule has 3 rings (SSSR count). The number of para-hydroxylation sites is 1. The van der Waals surface area contributed by atoms with E-state index in [1.165, 1.54) is 4.70 Å². The fourth-order valence-electron chi connectivity index (χ4n) is 2.52. The predicted octanol–water partition coefficient (Wildman–Crippen LogP) is 3.90. The van der Waals surface area contributed by atoms with E-state index in [0.717, 1.165) is 21.8 Å². The second kappa shape index (κ2) is 7.45. The molecule has 4 nitrogen and oxygen atoms in total. The van der Waals surface area contributed by atoms with E-state index in [0.29, 0.717) is 19.4 Å². The molecule has 0 saturated carbocycles. The normalized spacial score (nSPS) is 10.8. The molecule has 5 heteroatoms. The van der Waals surface area contributed by atoms with Crippen LogP contribution < -0.4 is 4.74 Å². The van der Waals surface area contributed by atoms with E-state index < -0.39 is 0 Å². The van der Waals surface area contributed by atoms with Crippen LogP contribution in [0.15, 0.2) is 48.5 Å². The van der Waals surface area contributed by atoms with Gasteiger partial charge in [0, 0.05) is 26.4 Å².